The van der Waals surface area contributed by atoms with Gasteiger partial charge in [-0.15, -0.1) is 0 Å². The lowest BCUT2D eigenvalue weighted by atomic mass is 9.85. The van der Waals surface area contributed by atoms with E-state index in [1.165, 1.54) is 0 Å². The van der Waals surface area contributed by atoms with Crippen LogP contribution in [0.5, 0.6) is 0 Å². The number of H-pyrrole nitrogens is 1. The van der Waals surface area contributed by atoms with Crippen LogP contribution in [0.1, 0.15) is 53.3 Å². The highest BCUT2D eigenvalue weighted by atomic mass is 16.5. The number of nitrogens with two attached hydrogens (primary N) is 2. The Morgan fingerprint density at radius 3 is 2.49 bits per heavy atom. The number of hydrogen-bond donors (Lipinski definition) is 3. The van der Waals surface area contributed by atoms with Gasteiger partial charge in [-0.1, -0.05) is 36.4 Å². The molecule has 1 amide bonds. The molecule has 0 saturated carbocycles. The summed E-state index contributed by atoms with van der Waals surface area (Å²) in [5.41, 5.74) is 19.1. The predicted molar refractivity (Wildman–Crippen MR) is 155 cm³/mol. The Hall–Kier alpha value is -4.77. The zero-order valence-electron chi connectivity index (χ0n) is 22.7. The van der Waals surface area contributed by atoms with E-state index in [9.17, 15) is 4.79 Å². The summed E-state index contributed by atoms with van der Waals surface area (Å²) in [6.45, 7) is 0.328. The van der Waals surface area contributed by atoms with Crippen LogP contribution < -0.4 is 11.5 Å². The summed E-state index contributed by atoms with van der Waals surface area (Å²) >= 11 is 0. The third kappa shape index (κ3) is 4.29. The van der Waals surface area contributed by atoms with E-state index in [1.54, 1.807) is 23.9 Å². The van der Waals surface area contributed by atoms with Crippen LogP contribution in [-0.2, 0) is 11.3 Å². The number of nitrogen functional groups attached to an aromatic ring is 2. The van der Waals surface area contributed by atoms with Crippen molar-refractivity contribution < 1.29 is 9.53 Å². The van der Waals surface area contributed by atoms with Gasteiger partial charge in [-0.3, -0.25) is 14.9 Å². The van der Waals surface area contributed by atoms with Crippen molar-refractivity contribution in [2.45, 2.75) is 50.3 Å². The quantitative estimate of drug-likeness (QED) is 0.287. The minimum atomic E-state index is -0.0512. The molecule has 11 nitrogen and oxygen atoms in total. The molecule has 3 atom stereocenters. The molecule has 11 heteroatoms. The number of ether oxygens (including phenoxy) is 1. The van der Waals surface area contributed by atoms with E-state index in [0.717, 1.165) is 59.3 Å². The molecule has 1 unspecified atom stereocenters. The predicted octanol–water partition coefficient (Wildman–Crippen LogP) is 4.04. The van der Waals surface area contributed by atoms with Crippen LogP contribution in [0, 0.1) is 0 Å². The SMILES string of the molecule is COCc1c(C2C[C@H]3CC[C@@H](C2)N3C(=O)c2cc(N)n[nH]2)nc2c(-c3ccc(-c4ccccc4)nc3)cnn2c1N. The molecule has 2 saturated heterocycles. The molecule has 7 rings (SSSR count). The lowest BCUT2D eigenvalue weighted by Gasteiger charge is -2.39. The first-order valence-corrected chi connectivity index (χ1v) is 13.8. The minimum absolute atomic E-state index is 0.0512. The van der Waals surface area contributed by atoms with Crippen molar-refractivity contribution in [1.29, 1.82) is 0 Å². The zero-order valence-corrected chi connectivity index (χ0v) is 22.7. The number of hydrogen-bond acceptors (Lipinski definition) is 8. The second kappa shape index (κ2) is 10.0. The van der Waals surface area contributed by atoms with Crippen LogP contribution in [0.3, 0.4) is 0 Å². The molecule has 4 aromatic heterocycles. The van der Waals surface area contributed by atoms with E-state index in [1.807, 2.05) is 53.6 Å². The zero-order chi connectivity index (χ0) is 28.1. The number of fused-ring (bicyclic) bond motifs is 3. The summed E-state index contributed by atoms with van der Waals surface area (Å²) in [7, 11) is 1.66. The lowest BCUT2D eigenvalue weighted by Crippen LogP contribution is -2.46. The fourth-order valence-corrected chi connectivity index (χ4v) is 6.55. The van der Waals surface area contributed by atoms with Gasteiger partial charge in [0.15, 0.2) is 5.65 Å². The van der Waals surface area contributed by atoms with Gasteiger partial charge in [0.05, 0.1) is 24.2 Å². The Balaban J connectivity index is 1.24. The first-order chi connectivity index (χ1) is 20.0. The van der Waals surface area contributed by atoms with E-state index in [2.05, 4.69) is 15.3 Å². The Morgan fingerprint density at radius 2 is 1.83 bits per heavy atom. The van der Waals surface area contributed by atoms with Crippen LogP contribution >= 0.6 is 0 Å². The van der Waals surface area contributed by atoms with Gasteiger partial charge in [-0.25, -0.2) is 4.98 Å². The van der Waals surface area contributed by atoms with Crippen molar-refractivity contribution >= 4 is 23.2 Å². The molecule has 5 N–H and O–H groups in total. The molecule has 0 aliphatic carbocycles. The highest BCUT2D eigenvalue weighted by Crippen LogP contribution is 2.45. The second-order valence-corrected chi connectivity index (χ2v) is 10.9. The van der Waals surface area contributed by atoms with Crippen LogP contribution in [0.2, 0.25) is 0 Å². The maximum absolute atomic E-state index is 13.3. The summed E-state index contributed by atoms with van der Waals surface area (Å²) in [6, 6.07) is 15.9. The number of rotatable bonds is 6. The monoisotopic (exact) mass is 549 g/mol. The Bertz CT molecular complexity index is 1710. The first kappa shape index (κ1) is 25.2. The molecule has 2 bridgehead atoms. The third-order valence-electron chi connectivity index (χ3n) is 8.43. The van der Waals surface area contributed by atoms with E-state index in [0.29, 0.717) is 29.6 Å². The molecule has 208 valence electrons. The molecular formula is C30H31N9O2. The van der Waals surface area contributed by atoms with Gasteiger partial charge in [0.2, 0.25) is 0 Å². The summed E-state index contributed by atoms with van der Waals surface area (Å²) in [6.07, 6.45) is 7.13. The van der Waals surface area contributed by atoms with Gasteiger partial charge in [0.1, 0.15) is 17.3 Å². The van der Waals surface area contributed by atoms with E-state index < -0.39 is 0 Å². The fraction of sp³-hybridized carbons (Fsp3) is 0.300. The number of piperidine rings is 1. The van der Waals surface area contributed by atoms with Gasteiger partial charge >= 0.3 is 0 Å². The number of nitrogens with one attached hydrogen (secondary N) is 1. The van der Waals surface area contributed by atoms with Gasteiger partial charge in [0, 0.05) is 59.6 Å². The summed E-state index contributed by atoms with van der Waals surface area (Å²) in [5.74, 6) is 0.909. The first-order valence-electron chi connectivity index (χ1n) is 13.8. The second-order valence-electron chi connectivity index (χ2n) is 10.9. The number of pyridine rings is 1. The van der Waals surface area contributed by atoms with E-state index in [4.69, 9.17) is 26.2 Å². The molecule has 2 aliphatic rings. The number of carbonyl (C=O) groups is 1. The van der Waals surface area contributed by atoms with Crippen LogP contribution in [0.4, 0.5) is 11.6 Å². The van der Waals surface area contributed by atoms with Gasteiger partial charge in [-0.2, -0.15) is 14.7 Å². The molecule has 0 spiro atoms. The van der Waals surface area contributed by atoms with Crippen molar-refractivity contribution in [1.82, 2.24) is 34.7 Å². The van der Waals surface area contributed by atoms with Crippen LogP contribution in [0.15, 0.2) is 60.9 Å². The van der Waals surface area contributed by atoms with Crippen LogP contribution in [-0.4, -0.2) is 59.8 Å². The minimum Gasteiger partial charge on any atom is -0.383 e. The molecular weight excluding hydrogens is 518 g/mol. The molecule has 2 aliphatic heterocycles. The lowest BCUT2D eigenvalue weighted by molar-refractivity contribution is 0.0562. The number of aromatic nitrogens is 6. The Morgan fingerprint density at radius 1 is 1.05 bits per heavy atom. The van der Waals surface area contributed by atoms with E-state index >= 15 is 0 Å². The number of amides is 1. The Labute approximate surface area is 236 Å². The molecule has 6 heterocycles. The number of anilines is 2. The highest BCUT2D eigenvalue weighted by molar-refractivity contribution is 5.93. The van der Waals surface area contributed by atoms with Gasteiger partial charge in [0.25, 0.3) is 5.91 Å². The molecule has 5 aromatic rings. The van der Waals surface area contributed by atoms with Gasteiger partial charge in [-0.05, 0) is 31.7 Å². The van der Waals surface area contributed by atoms with Crippen molar-refractivity contribution in [3.05, 3.63) is 77.9 Å². The average Bonchev–Trinajstić information content (AvgIpc) is 3.70. The summed E-state index contributed by atoms with van der Waals surface area (Å²) in [4.78, 5) is 25.2. The fourth-order valence-electron chi connectivity index (χ4n) is 6.55. The van der Waals surface area contributed by atoms with Gasteiger partial charge < -0.3 is 21.1 Å². The Kier molecular flexibility index (Phi) is 6.15. The summed E-state index contributed by atoms with van der Waals surface area (Å²) in [5, 5.41) is 11.3. The van der Waals surface area contributed by atoms with E-state index in [-0.39, 0.29) is 23.9 Å². The van der Waals surface area contributed by atoms with Crippen molar-refractivity contribution in [3.63, 3.8) is 0 Å². The number of methoxy groups -OCH3 is 1. The standard InChI is InChI=1S/C30H31N9O2/c1-41-16-23-27(19-11-20-8-9-21(12-19)38(20)30(40)25-13-26(31)37-36-25)35-29-22(15-34-39(29)28(23)32)18-7-10-24(33-14-18)17-5-3-2-4-6-17/h2-7,10,13-15,19-21H,8-9,11-12,16,32H2,1H3,(H3,31,36,37)/t19?,20-,21+. The molecule has 41 heavy (non-hydrogen) atoms. The number of nitrogens with zero attached hydrogens (tertiary/aromatic N) is 6. The smallest absolute Gasteiger partial charge is 0.272 e. The summed E-state index contributed by atoms with van der Waals surface area (Å²) < 4.78 is 7.25. The number of aromatic amines is 1. The topological polar surface area (TPSA) is 153 Å². The molecule has 2 fully saturated rings. The highest BCUT2D eigenvalue weighted by Gasteiger charge is 2.45. The molecule has 0 radical (unpaired) electrons. The number of carbonyl (C=O) groups excluding carboxylic acids is 1. The van der Waals surface area contributed by atoms with Crippen molar-refractivity contribution in [2.75, 3.05) is 18.6 Å². The third-order valence-corrected chi connectivity index (χ3v) is 8.43. The molecule has 1 aromatic carbocycles. The largest absolute Gasteiger partial charge is 0.383 e. The van der Waals surface area contributed by atoms with Crippen LogP contribution in [0.25, 0.3) is 28.0 Å². The normalized spacial score (nSPS) is 20.1. The van der Waals surface area contributed by atoms with Crippen molar-refractivity contribution in [2.24, 2.45) is 0 Å². The number of benzene rings is 1. The maximum atomic E-state index is 13.3. The average molecular weight is 550 g/mol. The maximum Gasteiger partial charge on any atom is 0.272 e. The van der Waals surface area contributed by atoms with Crippen molar-refractivity contribution in [3.8, 4) is 22.4 Å².